The summed E-state index contributed by atoms with van der Waals surface area (Å²) in [6.45, 7) is 0. The average molecular weight is 733 g/mol. The lowest BCUT2D eigenvalue weighted by atomic mass is 10.0. The Morgan fingerprint density at radius 3 is 1.74 bits per heavy atom. The number of benzene rings is 9. The van der Waals surface area contributed by atoms with Gasteiger partial charge in [-0.15, -0.1) is 0 Å². The number of nitrogens with zero attached hydrogens (tertiary/aromatic N) is 3. The zero-order valence-corrected chi connectivity index (χ0v) is 30.5. The molecule has 57 heavy (non-hydrogen) atoms. The minimum atomic E-state index is -0.426. The maximum atomic E-state index is 9.96. The van der Waals surface area contributed by atoms with E-state index in [0.717, 1.165) is 66.1 Å². The summed E-state index contributed by atoms with van der Waals surface area (Å²) in [5.74, 6) is 0. The second kappa shape index (κ2) is 12.5. The smallest absolute Gasteiger partial charge is 0.0645 e. The lowest BCUT2D eigenvalue weighted by Gasteiger charge is -2.14. The highest BCUT2D eigenvalue weighted by molar-refractivity contribution is 6.14. The van der Waals surface area contributed by atoms with Gasteiger partial charge in [0, 0.05) is 49.3 Å². The molecular weight excluding hydrogens is 691 g/mol. The van der Waals surface area contributed by atoms with Gasteiger partial charge in [-0.05, 0) is 95.5 Å². The summed E-state index contributed by atoms with van der Waals surface area (Å²) < 4.78 is 71.6. The van der Waals surface area contributed by atoms with E-state index in [4.69, 9.17) is 2.74 Å². The molecule has 3 heterocycles. The highest BCUT2D eigenvalue weighted by atomic mass is 15.0. The summed E-state index contributed by atoms with van der Waals surface area (Å²) in [6.07, 6.45) is 0. The van der Waals surface area contributed by atoms with Gasteiger partial charge in [0.1, 0.15) is 0 Å². The van der Waals surface area contributed by atoms with Gasteiger partial charge < -0.3 is 13.7 Å². The van der Waals surface area contributed by atoms with Gasteiger partial charge in [-0.3, -0.25) is 0 Å². The van der Waals surface area contributed by atoms with Crippen molar-refractivity contribution in [3.63, 3.8) is 0 Å². The second-order valence-corrected chi connectivity index (χ2v) is 14.4. The standard InChI is InChI=1S/C54H35N3/c1-3-15-36(16-4-1)41-19-7-11-23-48(41)57-51-26-14-10-21-43(51)46-34-38(28-31-54(46)57)37-27-30-52-45(33-37)42-20-8-13-25-50(42)56(52)40-29-32-53-47(35-40)44-22-9-12-24-49(44)55(53)39-17-5-2-6-18-39/h1-35H/i8D,13D,20D,25D,27D,30D,33D. The maximum Gasteiger partial charge on any atom is 0.0645 e. The molecule has 0 atom stereocenters. The molecule has 266 valence electrons. The zero-order valence-electron chi connectivity index (χ0n) is 37.5. The van der Waals surface area contributed by atoms with E-state index in [2.05, 4.69) is 69.8 Å². The Balaban J connectivity index is 1.13. The van der Waals surface area contributed by atoms with Crippen molar-refractivity contribution >= 4 is 65.4 Å². The SMILES string of the molecule is [2H]c1c([2H])c([2H])c2c(c1[2H])c1c([2H])c(-c3ccc4c(c3)c3ccccc3n4-c3ccccc3-c3ccccc3)c([2H])c([2H])c1n2-c1ccc2c(c1)c1ccccc1n2-c1ccccc1. The number of hydrogen-bond donors (Lipinski definition) is 0. The highest BCUT2D eigenvalue weighted by Crippen LogP contribution is 2.41. The molecule has 0 aliphatic carbocycles. The minimum absolute atomic E-state index is 0.0796. The fourth-order valence-electron chi connectivity index (χ4n) is 8.79. The molecule has 0 saturated carbocycles. The van der Waals surface area contributed by atoms with E-state index in [1.165, 1.54) is 0 Å². The van der Waals surface area contributed by atoms with Gasteiger partial charge in [0.05, 0.1) is 48.4 Å². The van der Waals surface area contributed by atoms with Gasteiger partial charge in [-0.2, -0.15) is 0 Å². The van der Waals surface area contributed by atoms with Crippen molar-refractivity contribution in [2.24, 2.45) is 0 Å². The van der Waals surface area contributed by atoms with Crippen LogP contribution in [0, 0.1) is 0 Å². The Bertz CT molecular complexity index is 3920. The Morgan fingerprint density at radius 1 is 0.316 bits per heavy atom. The van der Waals surface area contributed by atoms with Crippen LogP contribution in [-0.4, -0.2) is 13.7 Å². The van der Waals surface area contributed by atoms with Gasteiger partial charge in [-0.1, -0.05) is 133 Å². The van der Waals surface area contributed by atoms with Crippen LogP contribution in [0.3, 0.4) is 0 Å². The monoisotopic (exact) mass is 732 g/mol. The van der Waals surface area contributed by atoms with Crippen LogP contribution in [0.1, 0.15) is 9.60 Å². The first-order chi connectivity index (χ1) is 31.2. The molecule has 3 nitrogen and oxygen atoms in total. The molecule has 0 spiro atoms. The van der Waals surface area contributed by atoms with Crippen LogP contribution in [-0.2, 0) is 0 Å². The minimum Gasteiger partial charge on any atom is -0.309 e. The van der Waals surface area contributed by atoms with Gasteiger partial charge in [0.25, 0.3) is 0 Å². The number of fused-ring (bicyclic) bond motifs is 9. The molecule has 9 aromatic carbocycles. The summed E-state index contributed by atoms with van der Waals surface area (Å²) in [6, 6.07) is 54.9. The molecule has 12 aromatic rings. The lowest BCUT2D eigenvalue weighted by molar-refractivity contribution is 1.17. The average Bonchev–Trinajstić information content (AvgIpc) is 3.99. The van der Waals surface area contributed by atoms with Gasteiger partial charge in [0.2, 0.25) is 0 Å². The number of hydrogen-bond acceptors (Lipinski definition) is 0. The first-order valence-corrected chi connectivity index (χ1v) is 19.0. The van der Waals surface area contributed by atoms with E-state index in [9.17, 15) is 6.85 Å². The molecule has 3 heteroatoms. The summed E-state index contributed by atoms with van der Waals surface area (Å²) in [5.41, 5.74) is 9.70. The van der Waals surface area contributed by atoms with E-state index in [1.54, 1.807) is 4.57 Å². The Hall–Kier alpha value is -7.62. The molecule has 0 saturated heterocycles. The van der Waals surface area contributed by atoms with Gasteiger partial charge in [0.15, 0.2) is 0 Å². The van der Waals surface area contributed by atoms with Crippen LogP contribution < -0.4 is 0 Å². The van der Waals surface area contributed by atoms with Crippen LogP contribution in [0.4, 0.5) is 0 Å². The normalized spacial score (nSPS) is 13.6. The quantitative estimate of drug-likeness (QED) is 0.167. The first kappa shape index (κ1) is 25.5. The largest absolute Gasteiger partial charge is 0.309 e. The second-order valence-electron chi connectivity index (χ2n) is 14.4. The molecule has 3 aromatic heterocycles. The summed E-state index contributed by atoms with van der Waals surface area (Å²) in [7, 11) is 0. The van der Waals surface area contributed by atoms with Crippen molar-refractivity contribution < 1.29 is 9.60 Å². The Morgan fingerprint density at radius 2 is 0.912 bits per heavy atom. The fraction of sp³-hybridized carbons (Fsp3) is 0. The molecule has 0 aliphatic heterocycles. The fourth-order valence-corrected chi connectivity index (χ4v) is 8.79. The predicted octanol–water partition coefficient (Wildman–Crippen LogP) is 14.3. The van der Waals surface area contributed by atoms with Crippen LogP contribution in [0.25, 0.3) is 105 Å². The first-order valence-electron chi connectivity index (χ1n) is 22.5. The number of rotatable bonds is 5. The van der Waals surface area contributed by atoms with E-state index in [-0.39, 0.29) is 57.6 Å². The van der Waals surface area contributed by atoms with E-state index >= 15 is 0 Å². The lowest BCUT2D eigenvalue weighted by Crippen LogP contribution is -1.97. The molecular formula is C54H35N3. The van der Waals surface area contributed by atoms with Crippen LogP contribution in [0.2, 0.25) is 0 Å². The molecule has 0 aliphatic rings. The van der Waals surface area contributed by atoms with Crippen molar-refractivity contribution in [1.82, 2.24) is 13.7 Å². The maximum absolute atomic E-state index is 9.96. The molecule has 12 rings (SSSR count). The molecule has 0 bridgehead atoms. The Labute approximate surface area is 339 Å². The Kier molecular flexibility index (Phi) is 5.56. The van der Waals surface area contributed by atoms with Crippen molar-refractivity contribution in [3.05, 3.63) is 212 Å². The number of aromatic nitrogens is 3. The molecule has 0 radical (unpaired) electrons. The summed E-state index contributed by atoms with van der Waals surface area (Å²) >= 11 is 0. The summed E-state index contributed by atoms with van der Waals surface area (Å²) in [5, 5.41) is 4.14. The molecule has 0 amide bonds. The predicted molar refractivity (Wildman–Crippen MR) is 240 cm³/mol. The van der Waals surface area contributed by atoms with Crippen molar-refractivity contribution in [3.8, 4) is 39.3 Å². The van der Waals surface area contributed by atoms with Crippen LogP contribution in [0.15, 0.2) is 212 Å². The van der Waals surface area contributed by atoms with E-state index in [1.807, 2.05) is 109 Å². The van der Waals surface area contributed by atoms with Gasteiger partial charge in [-0.25, -0.2) is 0 Å². The number of para-hydroxylation sites is 5. The van der Waals surface area contributed by atoms with E-state index < -0.39 is 12.1 Å². The molecule has 0 N–H and O–H groups in total. The molecule has 0 unspecified atom stereocenters. The van der Waals surface area contributed by atoms with Crippen LogP contribution >= 0.6 is 0 Å². The van der Waals surface area contributed by atoms with E-state index in [0.29, 0.717) is 11.3 Å². The third kappa shape index (κ3) is 4.79. The van der Waals surface area contributed by atoms with Crippen molar-refractivity contribution in [2.75, 3.05) is 0 Å². The van der Waals surface area contributed by atoms with Crippen molar-refractivity contribution in [2.45, 2.75) is 0 Å². The van der Waals surface area contributed by atoms with Gasteiger partial charge >= 0.3 is 0 Å². The highest BCUT2D eigenvalue weighted by Gasteiger charge is 2.19. The zero-order chi connectivity index (χ0) is 43.5. The molecule has 0 fully saturated rings. The topological polar surface area (TPSA) is 14.8 Å². The van der Waals surface area contributed by atoms with Crippen molar-refractivity contribution in [1.29, 1.82) is 0 Å². The third-order valence-corrected chi connectivity index (χ3v) is 11.3. The summed E-state index contributed by atoms with van der Waals surface area (Å²) in [4.78, 5) is 0. The third-order valence-electron chi connectivity index (χ3n) is 11.3. The van der Waals surface area contributed by atoms with Crippen LogP contribution in [0.5, 0.6) is 0 Å².